The van der Waals surface area contributed by atoms with E-state index in [1.165, 1.54) is 58.5 Å². The lowest BCUT2D eigenvalue weighted by Crippen LogP contribution is -2.57. The van der Waals surface area contributed by atoms with Crippen LogP contribution in [0.5, 0.6) is 11.5 Å². The highest BCUT2D eigenvalue weighted by atomic mass is 35.5. The number of nitrogens with one attached hydrogen (secondary N) is 1. The second kappa shape index (κ2) is 28.4. The molecule has 9 nitrogen and oxygen atoms in total. The number of nitrogens with two attached hydrogens (primary N) is 1. The van der Waals surface area contributed by atoms with Crippen molar-refractivity contribution in [3.05, 3.63) is 59.7 Å². The maximum Gasteiger partial charge on any atom is 0.407 e. The van der Waals surface area contributed by atoms with Crippen molar-refractivity contribution in [3.8, 4) is 11.5 Å². The number of rotatable bonds is 30. The van der Waals surface area contributed by atoms with E-state index >= 15 is 0 Å². The molecule has 0 saturated heterocycles. The monoisotopic (exact) mass is 805 g/mol. The number of methoxy groups -OCH3 is 1. The molecule has 0 aliphatic heterocycles. The molecule has 2 rings (SSSR count). The number of unbranched alkanes of at least 4 members (excludes halogenated alkanes) is 8. The summed E-state index contributed by atoms with van der Waals surface area (Å²) < 4.78 is 22.5. The zero-order valence-corrected chi connectivity index (χ0v) is 36.7. The lowest BCUT2D eigenvalue weighted by molar-refractivity contribution is -0.152. The van der Waals surface area contributed by atoms with E-state index < -0.39 is 29.2 Å². The van der Waals surface area contributed by atoms with Gasteiger partial charge in [-0.2, -0.15) is 0 Å². The molecule has 0 aromatic heterocycles. The van der Waals surface area contributed by atoms with E-state index in [2.05, 4.69) is 45.1 Å². The average molecular weight is 806 g/mol. The van der Waals surface area contributed by atoms with Gasteiger partial charge in [0.15, 0.2) is 0 Å². The standard InChI is InChI=1S/C46H76N2O7.ClH/c1-8-11-13-15-17-31-54-40-23-19-38(20-24-40)27-29-45(47,34-36(4)5)42(49)33-37(6)35-46(43(50)53-10-3,48-44(51)52-7)30-28-39-21-25-41(26-22-39)55-32-18-16-14-12-9-2;/h19-26,36-37,42,49H,8-18,27-35,47H2,1-7H3,(H,48,51);1H. The number of hydrogen-bond donors (Lipinski definition) is 3. The van der Waals surface area contributed by atoms with E-state index in [1.807, 2.05) is 43.3 Å². The molecule has 0 saturated carbocycles. The minimum Gasteiger partial charge on any atom is -0.494 e. The maximum atomic E-state index is 13.8. The molecule has 0 aliphatic carbocycles. The minimum absolute atomic E-state index is 0. The van der Waals surface area contributed by atoms with E-state index in [9.17, 15) is 14.7 Å². The number of halogens is 1. The third-order valence-corrected chi connectivity index (χ3v) is 10.6. The van der Waals surface area contributed by atoms with Crippen LogP contribution in [0.4, 0.5) is 4.79 Å². The molecule has 1 amide bonds. The average Bonchev–Trinajstić information content (AvgIpc) is 3.16. The molecule has 0 fully saturated rings. The molecule has 56 heavy (non-hydrogen) atoms. The zero-order valence-electron chi connectivity index (χ0n) is 35.9. The molecule has 0 spiro atoms. The Kier molecular flexibility index (Phi) is 25.9. The number of amides is 1. The van der Waals surface area contributed by atoms with Gasteiger partial charge in [0, 0.05) is 5.54 Å². The van der Waals surface area contributed by atoms with Crippen molar-refractivity contribution in [1.82, 2.24) is 5.32 Å². The van der Waals surface area contributed by atoms with Crippen molar-refractivity contribution in [3.63, 3.8) is 0 Å². The SMILES string of the molecule is CCCCCCCOc1ccc(CCC(CC(C)CC(O)C(N)(CCc2ccc(OCCCCCCC)cc2)CC(C)C)(NC(=O)OC)C(=O)OCC)cc1.Cl. The Labute approximate surface area is 346 Å². The molecule has 0 bridgehead atoms. The smallest absolute Gasteiger partial charge is 0.407 e. The Hall–Kier alpha value is -3.01. The van der Waals surface area contributed by atoms with Crippen molar-refractivity contribution >= 4 is 24.5 Å². The summed E-state index contributed by atoms with van der Waals surface area (Å²) >= 11 is 0. The molecule has 320 valence electrons. The van der Waals surface area contributed by atoms with Crippen LogP contribution in [0.3, 0.4) is 0 Å². The lowest BCUT2D eigenvalue weighted by atomic mass is 9.75. The van der Waals surface area contributed by atoms with Crippen LogP contribution in [0.25, 0.3) is 0 Å². The normalized spacial score (nSPS) is 14.5. The summed E-state index contributed by atoms with van der Waals surface area (Å²) in [6, 6.07) is 16.1. The largest absolute Gasteiger partial charge is 0.494 e. The van der Waals surface area contributed by atoms with E-state index in [-0.39, 0.29) is 43.7 Å². The van der Waals surface area contributed by atoms with Gasteiger partial charge >= 0.3 is 12.1 Å². The quantitative estimate of drug-likeness (QED) is 0.0526. The van der Waals surface area contributed by atoms with Crippen molar-refractivity contribution in [1.29, 1.82) is 0 Å². The fourth-order valence-electron chi connectivity index (χ4n) is 7.46. The molecule has 0 heterocycles. The predicted molar refractivity (Wildman–Crippen MR) is 231 cm³/mol. The van der Waals surface area contributed by atoms with Gasteiger partial charge in [0.2, 0.25) is 0 Å². The van der Waals surface area contributed by atoms with Crippen LogP contribution in [0, 0.1) is 11.8 Å². The summed E-state index contributed by atoms with van der Waals surface area (Å²) in [5.41, 5.74) is 7.02. The van der Waals surface area contributed by atoms with Crippen molar-refractivity contribution in [2.24, 2.45) is 17.6 Å². The van der Waals surface area contributed by atoms with Gasteiger partial charge in [0.1, 0.15) is 17.0 Å². The molecule has 0 radical (unpaired) electrons. The zero-order chi connectivity index (χ0) is 40.5. The summed E-state index contributed by atoms with van der Waals surface area (Å²) in [5, 5.41) is 14.7. The molecule has 10 heteroatoms. The second-order valence-electron chi connectivity index (χ2n) is 16.1. The number of aliphatic hydroxyl groups excluding tert-OH is 1. The van der Waals surface area contributed by atoms with Crippen LogP contribution >= 0.6 is 12.4 Å². The first kappa shape index (κ1) is 51.0. The number of carbonyl (C=O) groups is 2. The number of aryl methyl sites for hydroxylation is 2. The first-order chi connectivity index (χ1) is 26.4. The third-order valence-electron chi connectivity index (χ3n) is 10.6. The number of esters is 1. The van der Waals surface area contributed by atoms with Crippen LogP contribution in [-0.2, 0) is 27.1 Å². The van der Waals surface area contributed by atoms with E-state index in [0.717, 1.165) is 42.1 Å². The summed E-state index contributed by atoms with van der Waals surface area (Å²) in [4.78, 5) is 26.5. The Bertz CT molecular complexity index is 1330. The van der Waals surface area contributed by atoms with Gasteiger partial charge in [-0.1, -0.05) is 110 Å². The van der Waals surface area contributed by atoms with E-state index in [4.69, 9.17) is 24.7 Å². The van der Waals surface area contributed by atoms with Gasteiger partial charge in [-0.05, 0) is 112 Å². The summed E-state index contributed by atoms with van der Waals surface area (Å²) in [5.74, 6) is 1.24. The van der Waals surface area contributed by atoms with Crippen LogP contribution in [0.2, 0.25) is 0 Å². The molecule has 4 N–H and O–H groups in total. The molecule has 4 unspecified atom stereocenters. The Balaban J connectivity index is 0.0000157. The first-order valence-corrected chi connectivity index (χ1v) is 21.3. The number of benzene rings is 2. The number of carbonyl (C=O) groups excluding carboxylic acids is 2. The van der Waals surface area contributed by atoms with Gasteiger partial charge in [0.05, 0.1) is 33.0 Å². The van der Waals surface area contributed by atoms with Crippen LogP contribution < -0.4 is 20.5 Å². The van der Waals surface area contributed by atoms with Crippen molar-refractivity contribution in [2.45, 2.75) is 168 Å². The van der Waals surface area contributed by atoms with Gasteiger partial charge in [-0.15, -0.1) is 12.4 Å². The van der Waals surface area contributed by atoms with Crippen LogP contribution in [-0.4, -0.2) is 61.3 Å². The topological polar surface area (TPSA) is 129 Å². The molecule has 0 aliphatic rings. The second-order valence-corrected chi connectivity index (χ2v) is 16.1. The molecule has 2 aromatic carbocycles. The number of aliphatic hydroxyl groups is 1. The Morgan fingerprint density at radius 2 is 1.21 bits per heavy atom. The Morgan fingerprint density at radius 1 is 0.732 bits per heavy atom. The fraction of sp³-hybridized carbons (Fsp3) is 0.696. The lowest BCUT2D eigenvalue weighted by Gasteiger charge is -2.39. The van der Waals surface area contributed by atoms with Crippen LogP contribution in [0.15, 0.2) is 48.5 Å². The van der Waals surface area contributed by atoms with Gasteiger partial charge in [-0.25, -0.2) is 9.59 Å². The summed E-state index contributed by atoms with van der Waals surface area (Å²) in [7, 11) is 1.28. The highest BCUT2D eigenvalue weighted by molar-refractivity contribution is 5.86. The number of ether oxygens (including phenoxy) is 4. The maximum absolute atomic E-state index is 13.8. The molecular formula is C46H77ClN2O7. The van der Waals surface area contributed by atoms with Gasteiger partial charge < -0.3 is 35.1 Å². The number of alkyl carbamates (subject to hydrolysis) is 1. The predicted octanol–water partition coefficient (Wildman–Crippen LogP) is 10.6. The molecule has 2 aromatic rings. The van der Waals surface area contributed by atoms with Gasteiger partial charge in [0.25, 0.3) is 0 Å². The minimum atomic E-state index is -1.37. The number of hydrogen-bond acceptors (Lipinski definition) is 8. The van der Waals surface area contributed by atoms with Gasteiger partial charge in [-0.3, -0.25) is 0 Å². The summed E-state index contributed by atoms with van der Waals surface area (Å²) in [6.45, 7) is 14.0. The highest BCUT2D eigenvalue weighted by Crippen LogP contribution is 2.33. The van der Waals surface area contributed by atoms with E-state index in [0.29, 0.717) is 38.7 Å². The third kappa shape index (κ3) is 19.4. The fourth-order valence-corrected chi connectivity index (χ4v) is 7.46. The van der Waals surface area contributed by atoms with E-state index in [1.54, 1.807) is 6.92 Å². The van der Waals surface area contributed by atoms with Crippen LogP contribution in [0.1, 0.15) is 149 Å². The highest BCUT2D eigenvalue weighted by Gasteiger charge is 2.44. The van der Waals surface area contributed by atoms with Crippen molar-refractivity contribution in [2.75, 3.05) is 26.9 Å². The Morgan fingerprint density at radius 3 is 1.66 bits per heavy atom. The molecular weight excluding hydrogens is 728 g/mol. The molecule has 4 atom stereocenters. The summed E-state index contributed by atoms with van der Waals surface area (Å²) in [6.07, 6.45) is 13.7. The van der Waals surface area contributed by atoms with Crippen molar-refractivity contribution < 1.29 is 33.6 Å². The first-order valence-electron chi connectivity index (χ1n) is 21.3.